The van der Waals surface area contributed by atoms with Crippen molar-refractivity contribution < 1.29 is 4.79 Å². The SMILES string of the molecule is CCC(=O)Cc1nnc([C@H](Cc2ccccc2)NC(C)C)[nH]1. The number of nitrogens with one attached hydrogen (secondary N) is 2. The lowest BCUT2D eigenvalue weighted by molar-refractivity contribution is -0.118. The molecule has 2 rings (SSSR count). The molecule has 0 saturated heterocycles. The molecule has 1 atom stereocenters. The number of carbonyl (C=O) groups is 1. The smallest absolute Gasteiger partial charge is 0.147 e. The van der Waals surface area contributed by atoms with E-state index < -0.39 is 0 Å². The van der Waals surface area contributed by atoms with E-state index in [1.165, 1.54) is 5.56 Å². The highest BCUT2D eigenvalue weighted by Gasteiger charge is 2.18. The van der Waals surface area contributed by atoms with Crippen LogP contribution in [-0.4, -0.2) is 27.0 Å². The highest BCUT2D eigenvalue weighted by Crippen LogP contribution is 2.16. The molecule has 2 N–H and O–H groups in total. The Kier molecular flexibility index (Phi) is 5.83. The lowest BCUT2D eigenvalue weighted by Gasteiger charge is -2.19. The van der Waals surface area contributed by atoms with Crippen LogP contribution in [0.25, 0.3) is 0 Å². The summed E-state index contributed by atoms with van der Waals surface area (Å²) in [4.78, 5) is 14.7. The molecule has 1 aromatic carbocycles. The molecule has 1 aromatic heterocycles. The summed E-state index contributed by atoms with van der Waals surface area (Å²) in [5.41, 5.74) is 1.24. The number of H-pyrrole nitrogens is 1. The summed E-state index contributed by atoms with van der Waals surface area (Å²) in [7, 11) is 0. The van der Waals surface area contributed by atoms with Gasteiger partial charge in [-0.25, -0.2) is 0 Å². The van der Waals surface area contributed by atoms with E-state index >= 15 is 0 Å². The van der Waals surface area contributed by atoms with E-state index in [0.29, 0.717) is 24.7 Å². The molecule has 0 aliphatic rings. The van der Waals surface area contributed by atoms with Crippen LogP contribution in [0.3, 0.4) is 0 Å². The number of hydrogen-bond acceptors (Lipinski definition) is 4. The molecule has 0 saturated carbocycles. The number of aromatic amines is 1. The summed E-state index contributed by atoms with van der Waals surface area (Å²) < 4.78 is 0. The van der Waals surface area contributed by atoms with Crippen molar-refractivity contribution in [3.8, 4) is 0 Å². The minimum absolute atomic E-state index is 0.0559. The van der Waals surface area contributed by atoms with Crippen LogP contribution in [0.15, 0.2) is 30.3 Å². The number of benzene rings is 1. The molecule has 22 heavy (non-hydrogen) atoms. The van der Waals surface area contributed by atoms with Crippen LogP contribution in [0.1, 0.15) is 50.4 Å². The zero-order valence-electron chi connectivity index (χ0n) is 13.5. The van der Waals surface area contributed by atoms with Crippen LogP contribution in [0, 0.1) is 0 Å². The summed E-state index contributed by atoms with van der Waals surface area (Å²) in [6.45, 7) is 6.07. The molecule has 118 valence electrons. The average Bonchev–Trinajstić information content (AvgIpc) is 2.95. The quantitative estimate of drug-likeness (QED) is 0.786. The highest BCUT2D eigenvalue weighted by molar-refractivity contribution is 5.79. The first kappa shape index (κ1) is 16.4. The Balaban J connectivity index is 2.13. The zero-order chi connectivity index (χ0) is 15.9. The van der Waals surface area contributed by atoms with Gasteiger partial charge in [0.15, 0.2) is 0 Å². The van der Waals surface area contributed by atoms with E-state index in [-0.39, 0.29) is 11.8 Å². The van der Waals surface area contributed by atoms with E-state index in [9.17, 15) is 4.79 Å². The first-order valence-corrected chi connectivity index (χ1v) is 7.81. The van der Waals surface area contributed by atoms with Crippen LogP contribution in [0.2, 0.25) is 0 Å². The molecule has 0 aliphatic carbocycles. The predicted molar refractivity (Wildman–Crippen MR) is 86.5 cm³/mol. The second kappa shape index (κ2) is 7.84. The summed E-state index contributed by atoms with van der Waals surface area (Å²) in [5.74, 6) is 1.60. The van der Waals surface area contributed by atoms with Gasteiger partial charge in [-0.2, -0.15) is 0 Å². The Morgan fingerprint density at radius 2 is 1.95 bits per heavy atom. The van der Waals surface area contributed by atoms with Crippen LogP contribution in [0.5, 0.6) is 0 Å². The molecule has 0 bridgehead atoms. The molecule has 5 heteroatoms. The predicted octanol–water partition coefficient (Wildman–Crippen LogP) is 2.61. The zero-order valence-corrected chi connectivity index (χ0v) is 13.5. The van der Waals surface area contributed by atoms with Crippen molar-refractivity contribution in [2.45, 2.75) is 52.1 Å². The standard InChI is InChI=1S/C17H24N4O/c1-4-14(22)11-16-19-17(21-20-16)15(18-12(2)3)10-13-8-6-5-7-9-13/h5-9,12,15,18H,4,10-11H2,1-3H3,(H,19,20,21)/t15-/m0/s1. The number of rotatable bonds is 8. The first-order valence-electron chi connectivity index (χ1n) is 7.81. The largest absolute Gasteiger partial charge is 0.327 e. The van der Waals surface area contributed by atoms with E-state index in [4.69, 9.17) is 0 Å². The van der Waals surface area contributed by atoms with Crippen molar-refractivity contribution in [2.75, 3.05) is 0 Å². The molecule has 0 amide bonds. The van der Waals surface area contributed by atoms with Gasteiger partial charge in [0.2, 0.25) is 0 Å². The second-order valence-electron chi connectivity index (χ2n) is 5.79. The van der Waals surface area contributed by atoms with Crippen LogP contribution >= 0.6 is 0 Å². The maximum absolute atomic E-state index is 11.5. The minimum atomic E-state index is 0.0559. The molecule has 0 spiro atoms. The van der Waals surface area contributed by atoms with Crippen molar-refractivity contribution >= 4 is 5.78 Å². The fraction of sp³-hybridized carbons (Fsp3) is 0.471. The van der Waals surface area contributed by atoms with Gasteiger partial charge in [-0.05, 0) is 12.0 Å². The van der Waals surface area contributed by atoms with Crippen molar-refractivity contribution in [1.29, 1.82) is 0 Å². The van der Waals surface area contributed by atoms with Gasteiger partial charge in [0.05, 0.1) is 12.5 Å². The third kappa shape index (κ3) is 4.77. The van der Waals surface area contributed by atoms with Crippen LogP contribution < -0.4 is 5.32 Å². The van der Waals surface area contributed by atoms with Gasteiger partial charge in [-0.3, -0.25) is 4.79 Å². The summed E-state index contributed by atoms with van der Waals surface area (Å²) in [5, 5.41) is 11.8. The van der Waals surface area contributed by atoms with Gasteiger partial charge < -0.3 is 10.3 Å². The van der Waals surface area contributed by atoms with E-state index in [1.807, 2.05) is 25.1 Å². The first-order chi connectivity index (χ1) is 10.6. The summed E-state index contributed by atoms with van der Waals surface area (Å²) in [6, 6.07) is 10.7. The molecule has 2 aromatic rings. The molecule has 0 fully saturated rings. The van der Waals surface area contributed by atoms with Gasteiger partial charge in [0.1, 0.15) is 17.4 Å². The molecule has 5 nitrogen and oxygen atoms in total. The van der Waals surface area contributed by atoms with Crippen molar-refractivity contribution in [1.82, 2.24) is 20.5 Å². The summed E-state index contributed by atoms with van der Waals surface area (Å²) in [6.07, 6.45) is 1.67. The van der Waals surface area contributed by atoms with Gasteiger partial charge in [-0.1, -0.05) is 51.1 Å². The number of carbonyl (C=O) groups excluding carboxylic acids is 1. The Hall–Kier alpha value is -2.01. The monoisotopic (exact) mass is 300 g/mol. The molecular weight excluding hydrogens is 276 g/mol. The average molecular weight is 300 g/mol. The van der Waals surface area contributed by atoms with Crippen molar-refractivity contribution in [3.63, 3.8) is 0 Å². The fourth-order valence-electron chi connectivity index (χ4n) is 2.35. The lowest BCUT2D eigenvalue weighted by atomic mass is 10.0. The highest BCUT2D eigenvalue weighted by atomic mass is 16.1. The van der Waals surface area contributed by atoms with Gasteiger partial charge in [0, 0.05) is 12.5 Å². The number of ketones is 1. The maximum atomic E-state index is 11.5. The maximum Gasteiger partial charge on any atom is 0.147 e. The lowest BCUT2D eigenvalue weighted by Crippen LogP contribution is -2.30. The second-order valence-corrected chi connectivity index (χ2v) is 5.79. The molecule has 1 heterocycles. The van der Waals surface area contributed by atoms with Gasteiger partial charge in [-0.15, -0.1) is 10.2 Å². The van der Waals surface area contributed by atoms with Crippen molar-refractivity contribution in [2.24, 2.45) is 0 Å². The molecule has 0 unspecified atom stereocenters. The Bertz CT molecular complexity index is 592. The number of Topliss-reactive ketones (excluding diaryl/α,β-unsaturated/α-hetero) is 1. The topological polar surface area (TPSA) is 70.7 Å². The van der Waals surface area contributed by atoms with Gasteiger partial charge >= 0.3 is 0 Å². The molecule has 0 aliphatic heterocycles. The Morgan fingerprint density at radius 1 is 1.23 bits per heavy atom. The van der Waals surface area contributed by atoms with E-state index in [0.717, 1.165) is 12.2 Å². The number of nitrogens with zero attached hydrogens (tertiary/aromatic N) is 2. The van der Waals surface area contributed by atoms with E-state index in [2.05, 4.69) is 46.5 Å². The molecule has 0 radical (unpaired) electrons. The Morgan fingerprint density at radius 3 is 2.59 bits per heavy atom. The fourth-order valence-corrected chi connectivity index (χ4v) is 2.35. The Labute approximate surface area is 131 Å². The number of hydrogen-bond donors (Lipinski definition) is 2. The summed E-state index contributed by atoms with van der Waals surface area (Å²) >= 11 is 0. The minimum Gasteiger partial charge on any atom is -0.327 e. The molecular formula is C17H24N4O. The third-order valence-electron chi connectivity index (χ3n) is 3.46. The van der Waals surface area contributed by atoms with Crippen LogP contribution in [0.4, 0.5) is 0 Å². The van der Waals surface area contributed by atoms with E-state index in [1.54, 1.807) is 0 Å². The third-order valence-corrected chi connectivity index (χ3v) is 3.46. The number of aromatic nitrogens is 3. The van der Waals surface area contributed by atoms with Crippen LogP contribution in [-0.2, 0) is 17.6 Å². The normalized spacial score (nSPS) is 12.5. The van der Waals surface area contributed by atoms with Gasteiger partial charge in [0.25, 0.3) is 0 Å². The van der Waals surface area contributed by atoms with Crippen molar-refractivity contribution in [3.05, 3.63) is 47.5 Å².